The van der Waals surface area contributed by atoms with Gasteiger partial charge in [-0.2, -0.15) is 0 Å². The summed E-state index contributed by atoms with van der Waals surface area (Å²) in [5, 5.41) is 3.18. The Labute approximate surface area is 110 Å². The molecule has 0 aliphatic heterocycles. The molecule has 0 radical (unpaired) electrons. The van der Waals surface area contributed by atoms with Crippen LogP contribution in [0.25, 0.3) is 11.4 Å². The number of aromatic amines is 1. The summed E-state index contributed by atoms with van der Waals surface area (Å²) in [6.07, 6.45) is 1.01. The molecule has 19 heavy (non-hydrogen) atoms. The van der Waals surface area contributed by atoms with E-state index in [-0.39, 0.29) is 11.4 Å². The largest absolute Gasteiger partial charge is 0.311 e. The van der Waals surface area contributed by atoms with Crippen LogP contribution in [0.1, 0.15) is 19.0 Å². The third-order valence-electron chi connectivity index (χ3n) is 2.63. The van der Waals surface area contributed by atoms with E-state index in [1.807, 2.05) is 0 Å². The van der Waals surface area contributed by atoms with E-state index in [1.165, 1.54) is 18.2 Å². The maximum atomic E-state index is 13.2. The summed E-state index contributed by atoms with van der Waals surface area (Å²) in [4.78, 5) is 18.5. The molecular formula is C14H16FN3O. The molecule has 0 fully saturated rings. The third kappa shape index (κ3) is 3.72. The molecule has 0 amide bonds. The number of benzene rings is 1. The Morgan fingerprint density at radius 2 is 2.21 bits per heavy atom. The summed E-state index contributed by atoms with van der Waals surface area (Å²) < 4.78 is 13.2. The van der Waals surface area contributed by atoms with Crippen LogP contribution in [0.5, 0.6) is 0 Å². The number of nitrogens with zero attached hydrogens (tertiary/aromatic N) is 1. The number of hydrogen-bond acceptors (Lipinski definition) is 3. The standard InChI is InChI=1S/C14H16FN3O/c1-2-6-16-9-12-8-13(19)18-14(17-12)10-4-3-5-11(15)7-10/h3-5,7-8,16H,2,6,9H2,1H3,(H,17,18,19). The van der Waals surface area contributed by atoms with Crippen LogP contribution < -0.4 is 10.9 Å². The maximum absolute atomic E-state index is 13.2. The third-order valence-corrected chi connectivity index (χ3v) is 2.63. The molecule has 1 heterocycles. The Hall–Kier alpha value is -2.01. The predicted molar refractivity (Wildman–Crippen MR) is 72.2 cm³/mol. The minimum atomic E-state index is -0.352. The van der Waals surface area contributed by atoms with Crippen molar-refractivity contribution in [2.24, 2.45) is 0 Å². The van der Waals surface area contributed by atoms with Gasteiger partial charge in [0.25, 0.3) is 5.56 Å². The molecule has 0 aliphatic carbocycles. The molecule has 2 rings (SSSR count). The average Bonchev–Trinajstić information content (AvgIpc) is 2.38. The van der Waals surface area contributed by atoms with Crippen molar-refractivity contribution in [3.63, 3.8) is 0 Å². The molecule has 1 aromatic heterocycles. The Morgan fingerprint density at radius 3 is 2.95 bits per heavy atom. The Balaban J connectivity index is 2.28. The SMILES string of the molecule is CCCNCc1cc(=O)[nH]c(-c2cccc(F)c2)n1. The lowest BCUT2D eigenvalue weighted by atomic mass is 10.2. The molecule has 0 saturated heterocycles. The van der Waals surface area contributed by atoms with Gasteiger partial charge >= 0.3 is 0 Å². The summed E-state index contributed by atoms with van der Waals surface area (Å²) in [6, 6.07) is 7.46. The smallest absolute Gasteiger partial charge is 0.251 e. The van der Waals surface area contributed by atoms with E-state index in [2.05, 4.69) is 22.2 Å². The highest BCUT2D eigenvalue weighted by molar-refractivity contribution is 5.54. The van der Waals surface area contributed by atoms with Gasteiger partial charge in [0.05, 0.1) is 5.69 Å². The summed E-state index contributed by atoms with van der Waals surface area (Å²) in [5.74, 6) is 0.0370. The van der Waals surface area contributed by atoms with Gasteiger partial charge in [-0.1, -0.05) is 19.1 Å². The molecule has 4 nitrogen and oxygen atoms in total. The number of rotatable bonds is 5. The van der Waals surface area contributed by atoms with Gasteiger partial charge in [-0.25, -0.2) is 9.37 Å². The second-order valence-corrected chi connectivity index (χ2v) is 4.27. The second kappa shape index (κ2) is 6.24. The first-order valence-electron chi connectivity index (χ1n) is 6.26. The number of halogens is 1. The first-order chi connectivity index (χ1) is 9.19. The summed E-state index contributed by atoms with van der Waals surface area (Å²) in [5.41, 5.74) is 0.980. The lowest BCUT2D eigenvalue weighted by molar-refractivity contribution is 0.628. The van der Waals surface area contributed by atoms with E-state index in [1.54, 1.807) is 12.1 Å². The van der Waals surface area contributed by atoms with Crippen molar-refractivity contribution in [3.8, 4) is 11.4 Å². The molecule has 2 aromatic rings. The lowest BCUT2D eigenvalue weighted by Gasteiger charge is -2.05. The lowest BCUT2D eigenvalue weighted by Crippen LogP contribution is -2.18. The molecule has 5 heteroatoms. The molecule has 0 unspecified atom stereocenters. The van der Waals surface area contributed by atoms with E-state index >= 15 is 0 Å². The van der Waals surface area contributed by atoms with E-state index in [4.69, 9.17) is 0 Å². The quantitative estimate of drug-likeness (QED) is 0.810. The Bertz CT molecular complexity index is 610. The average molecular weight is 261 g/mol. The fourth-order valence-electron chi connectivity index (χ4n) is 1.76. The van der Waals surface area contributed by atoms with Crippen molar-refractivity contribution >= 4 is 0 Å². The number of nitrogens with one attached hydrogen (secondary N) is 2. The predicted octanol–water partition coefficient (Wildman–Crippen LogP) is 2.08. The molecule has 0 atom stereocenters. The van der Waals surface area contributed by atoms with Gasteiger partial charge in [0.15, 0.2) is 0 Å². The van der Waals surface area contributed by atoms with Gasteiger partial charge in [-0.15, -0.1) is 0 Å². The Morgan fingerprint density at radius 1 is 1.37 bits per heavy atom. The van der Waals surface area contributed by atoms with Crippen LogP contribution in [0.4, 0.5) is 4.39 Å². The Kier molecular flexibility index (Phi) is 4.41. The highest BCUT2D eigenvalue weighted by Gasteiger charge is 2.04. The van der Waals surface area contributed by atoms with Crippen LogP contribution in [0.15, 0.2) is 35.1 Å². The normalized spacial score (nSPS) is 10.6. The first-order valence-corrected chi connectivity index (χ1v) is 6.26. The van der Waals surface area contributed by atoms with Crippen LogP contribution in [-0.2, 0) is 6.54 Å². The van der Waals surface area contributed by atoms with E-state index in [9.17, 15) is 9.18 Å². The molecule has 2 N–H and O–H groups in total. The minimum Gasteiger partial charge on any atom is -0.311 e. The highest BCUT2D eigenvalue weighted by atomic mass is 19.1. The van der Waals surface area contributed by atoms with Crippen molar-refractivity contribution < 1.29 is 4.39 Å². The molecular weight excluding hydrogens is 245 g/mol. The van der Waals surface area contributed by atoms with Crippen LogP contribution in [-0.4, -0.2) is 16.5 Å². The van der Waals surface area contributed by atoms with Gasteiger partial charge in [0.1, 0.15) is 11.6 Å². The fourth-order valence-corrected chi connectivity index (χ4v) is 1.76. The van der Waals surface area contributed by atoms with Crippen LogP contribution >= 0.6 is 0 Å². The molecule has 100 valence electrons. The van der Waals surface area contributed by atoms with Crippen molar-refractivity contribution in [1.82, 2.24) is 15.3 Å². The number of aromatic nitrogens is 2. The van der Waals surface area contributed by atoms with Gasteiger partial charge in [-0.05, 0) is 25.1 Å². The number of hydrogen-bond donors (Lipinski definition) is 2. The second-order valence-electron chi connectivity index (χ2n) is 4.27. The highest BCUT2D eigenvalue weighted by Crippen LogP contribution is 2.14. The molecule has 0 spiro atoms. The van der Waals surface area contributed by atoms with Gasteiger partial charge < -0.3 is 10.3 Å². The van der Waals surface area contributed by atoms with E-state index in [0.29, 0.717) is 23.6 Å². The maximum Gasteiger partial charge on any atom is 0.251 e. The molecule has 1 aromatic carbocycles. The summed E-state index contributed by atoms with van der Waals surface area (Å²) in [6.45, 7) is 3.46. The van der Waals surface area contributed by atoms with Crippen LogP contribution in [0.3, 0.4) is 0 Å². The van der Waals surface area contributed by atoms with Gasteiger partial charge in [0.2, 0.25) is 0 Å². The first kappa shape index (κ1) is 13.4. The van der Waals surface area contributed by atoms with Crippen molar-refractivity contribution in [3.05, 3.63) is 52.2 Å². The molecule has 0 aliphatic rings. The molecule has 0 bridgehead atoms. The van der Waals surface area contributed by atoms with Crippen molar-refractivity contribution in [2.45, 2.75) is 19.9 Å². The van der Waals surface area contributed by atoms with Crippen LogP contribution in [0, 0.1) is 5.82 Å². The molecule has 0 saturated carbocycles. The number of H-pyrrole nitrogens is 1. The minimum absolute atomic E-state index is 0.234. The summed E-state index contributed by atoms with van der Waals surface area (Å²) in [7, 11) is 0. The van der Waals surface area contributed by atoms with Crippen molar-refractivity contribution in [2.75, 3.05) is 6.54 Å². The van der Waals surface area contributed by atoms with Gasteiger partial charge in [-0.3, -0.25) is 4.79 Å². The van der Waals surface area contributed by atoms with Gasteiger partial charge in [0, 0.05) is 18.2 Å². The topological polar surface area (TPSA) is 57.8 Å². The zero-order valence-electron chi connectivity index (χ0n) is 10.7. The fraction of sp³-hybridized carbons (Fsp3) is 0.286. The van der Waals surface area contributed by atoms with Crippen molar-refractivity contribution in [1.29, 1.82) is 0 Å². The van der Waals surface area contributed by atoms with E-state index < -0.39 is 0 Å². The zero-order chi connectivity index (χ0) is 13.7. The monoisotopic (exact) mass is 261 g/mol. The van der Waals surface area contributed by atoms with Crippen LogP contribution in [0.2, 0.25) is 0 Å². The summed E-state index contributed by atoms with van der Waals surface area (Å²) >= 11 is 0. The zero-order valence-corrected chi connectivity index (χ0v) is 10.7. The van der Waals surface area contributed by atoms with E-state index in [0.717, 1.165) is 13.0 Å².